The monoisotopic (exact) mass is 523 g/mol. The van der Waals surface area contributed by atoms with Gasteiger partial charge in [-0.25, -0.2) is 0 Å². The maximum Gasteiger partial charge on any atom is 0.225 e. The van der Waals surface area contributed by atoms with Crippen LogP contribution in [0.2, 0.25) is 5.02 Å². The Labute approximate surface area is 228 Å². The van der Waals surface area contributed by atoms with Crippen LogP contribution >= 0.6 is 11.6 Å². The van der Waals surface area contributed by atoms with E-state index in [1.165, 1.54) is 0 Å². The number of ether oxygens (including phenoxy) is 1. The molecule has 38 heavy (non-hydrogen) atoms. The molecule has 0 aliphatic carbocycles. The van der Waals surface area contributed by atoms with Gasteiger partial charge in [-0.15, -0.1) is 0 Å². The molecule has 0 bridgehead atoms. The zero-order valence-corrected chi connectivity index (χ0v) is 22.3. The Morgan fingerprint density at radius 1 is 1.03 bits per heavy atom. The average molecular weight is 524 g/mol. The van der Waals surface area contributed by atoms with Crippen LogP contribution in [0.15, 0.2) is 97.3 Å². The van der Waals surface area contributed by atoms with Gasteiger partial charge in [0, 0.05) is 40.4 Å². The predicted octanol–water partition coefficient (Wildman–Crippen LogP) is 7.03. The van der Waals surface area contributed by atoms with Crippen molar-refractivity contribution in [3.05, 3.63) is 119 Å². The summed E-state index contributed by atoms with van der Waals surface area (Å²) in [6.45, 7) is 2.92. The van der Waals surface area contributed by atoms with Crippen molar-refractivity contribution >= 4 is 28.4 Å². The molecule has 0 saturated carbocycles. The number of carbonyl (C=O) groups excluding carboxylic acids is 1. The SMILES string of the molecule is CCn1cc(CC(=O)NC(Cc2ccccc2)c2ncccc2-c2ccc(Cl)cc2)c2cc(OC)ccc21. The van der Waals surface area contributed by atoms with Crippen molar-refractivity contribution in [3.8, 4) is 16.9 Å². The summed E-state index contributed by atoms with van der Waals surface area (Å²) < 4.78 is 7.61. The third kappa shape index (κ3) is 5.58. The van der Waals surface area contributed by atoms with Crippen LogP contribution in [-0.2, 0) is 24.2 Å². The maximum absolute atomic E-state index is 13.6. The highest BCUT2D eigenvalue weighted by atomic mass is 35.5. The van der Waals surface area contributed by atoms with Gasteiger partial charge >= 0.3 is 0 Å². The van der Waals surface area contributed by atoms with E-state index < -0.39 is 0 Å². The van der Waals surface area contributed by atoms with Crippen molar-refractivity contribution in [2.75, 3.05) is 7.11 Å². The van der Waals surface area contributed by atoms with Gasteiger partial charge in [-0.3, -0.25) is 9.78 Å². The van der Waals surface area contributed by atoms with E-state index in [1.807, 2.05) is 72.8 Å². The van der Waals surface area contributed by atoms with Crippen LogP contribution in [0.25, 0.3) is 22.0 Å². The van der Waals surface area contributed by atoms with E-state index in [-0.39, 0.29) is 18.4 Å². The molecule has 5 nitrogen and oxygen atoms in total. The highest BCUT2D eigenvalue weighted by Crippen LogP contribution is 2.30. The van der Waals surface area contributed by atoms with Crippen molar-refractivity contribution in [3.63, 3.8) is 0 Å². The number of rotatable bonds is 9. The molecule has 0 aliphatic rings. The fraction of sp³-hybridized carbons (Fsp3) is 0.188. The van der Waals surface area contributed by atoms with E-state index in [0.29, 0.717) is 11.4 Å². The Hall–Kier alpha value is -4.09. The van der Waals surface area contributed by atoms with Crippen LogP contribution < -0.4 is 10.1 Å². The van der Waals surface area contributed by atoms with E-state index in [0.717, 1.165) is 51.1 Å². The molecular weight excluding hydrogens is 494 g/mol. The Balaban J connectivity index is 1.48. The molecule has 2 heterocycles. The number of methoxy groups -OCH3 is 1. The third-order valence-electron chi connectivity index (χ3n) is 6.80. The second kappa shape index (κ2) is 11.5. The molecular formula is C32H30ClN3O2. The van der Waals surface area contributed by atoms with Gasteiger partial charge in [0.25, 0.3) is 0 Å². The molecule has 1 unspecified atom stereocenters. The lowest BCUT2D eigenvalue weighted by Gasteiger charge is -2.21. The Morgan fingerprint density at radius 3 is 2.55 bits per heavy atom. The van der Waals surface area contributed by atoms with Crippen LogP contribution in [0.5, 0.6) is 5.75 Å². The zero-order valence-electron chi connectivity index (χ0n) is 21.5. The van der Waals surface area contributed by atoms with Gasteiger partial charge in [-0.1, -0.05) is 60.1 Å². The number of nitrogens with zero attached hydrogens (tertiary/aromatic N) is 2. The summed E-state index contributed by atoms with van der Waals surface area (Å²) in [4.78, 5) is 18.3. The van der Waals surface area contributed by atoms with Gasteiger partial charge in [0.2, 0.25) is 5.91 Å². The summed E-state index contributed by atoms with van der Waals surface area (Å²) in [5, 5.41) is 5.01. The number of hydrogen-bond donors (Lipinski definition) is 1. The van der Waals surface area contributed by atoms with Crippen molar-refractivity contribution in [1.29, 1.82) is 0 Å². The number of benzene rings is 3. The molecule has 0 spiro atoms. The molecule has 5 aromatic rings. The standard InChI is InChI=1S/C32H30ClN3O2/c1-3-36-21-24(28-20-26(38-2)15-16-30(28)36)19-31(37)35-29(18-22-8-5-4-6-9-22)32-27(10-7-17-34-32)23-11-13-25(33)14-12-23/h4-17,20-21,29H,3,18-19H2,1-2H3,(H,35,37). The first-order valence-electron chi connectivity index (χ1n) is 12.8. The molecule has 1 amide bonds. The molecule has 1 N–H and O–H groups in total. The fourth-order valence-electron chi connectivity index (χ4n) is 4.93. The first-order chi connectivity index (χ1) is 18.6. The van der Waals surface area contributed by atoms with Gasteiger partial charge in [-0.05, 0) is 66.4 Å². The smallest absolute Gasteiger partial charge is 0.225 e. The molecule has 5 rings (SSSR count). The lowest BCUT2D eigenvalue weighted by atomic mass is 9.95. The van der Waals surface area contributed by atoms with Gasteiger partial charge in [0.1, 0.15) is 5.75 Å². The Morgan fingerprint density at radius 2 is 1.82 bits per heavy atom. The number of carbonyl (C=O) groups is 1. The molecule has 6 heteroatoms. The number of amides is 1. The van der Waals surface area contributed by atoms with E-state index in [2.05, 4.69) is 35.1 Å². The van der Waals surface area contributed by atoms with E-state index >= 15 is 0 Å². The largest absolute Gasteiger partial charge is 0.497 e. The molecule has 2 aromatic heterocycles. The van der Waals surface area contributed by atoms with Crippen molar-refractivity contribution in [1.82, 2.24) is 14.9 Å². The quantitative estimate of drug-likeness (QED) is 0.226. The van der Waals surface area contributed by atoms with E-state index in [9.17, 15) is 4.79 Å². The first-order valence-corrected chi connectivity index (χ1v) is 13.1. The number of halogens is 1. The molecule has 0 aliphatic heterocycles. The lowest BCUT2D eigenvalue weighted by molar-refractivity contribution is -0.121. The average Bonchev–Trinajstić information content (AvgIpc) is 3.30. The second-order valence-electron chi connectivity index (χ2n) is 9.25. The molecule has 192 valence electrons. The zero-order chi connectivity index (χ0) is 26.5. The van der Waals surface area contributed by atoms with Gasteiger partial charge in [0.05, 0.1) is 25.3 Å². The topological polar surface area (TPSA) is 56.2 Å². The van der Waals surface area contributed by atoms with Gasteiger partial charge in [-0.2, -0.15) is 0 Å². The van der Waals surface area contributed by atoms with E-state index in [4.69, 9.17) is 21.3 Å². The minimum Gasteiger partial charge on any atom is -0.497 e. The predicted molar refractivity (Wildman–Crippen MR) is 154 cm³/mol. The Bertz CT molecular complexity index is 1540. The van der Waals surface area contributed by atoms with Crippen LogP contribution in [0.1, 0.15) is 29.8 Å². The summed E-state index contributed by atoms with van der Waals surface area (Å²) in [7, 11) is 1.66. The molecule has 0 radical (unpaired) electrons. The molecule has 0 saturated heterocycles. The van der Waals surface area contributed by atoms with Crippen LogP contribution in [0.3, 0.4) is 0 Å². The lowest BCUT2D eigenvalue weighted by Crippen LogP contribution is -2.32. The number of hydrogen-bond acceptors (Lipinski definition) is 3. The molecule has 1 atom stereocenters. The second-order valence-corrected chi connectivity index (χ2v) is 9.69. The molecule has 3 aromatic carbocycles. The number of pyridine rings is 1. The van der Waals surface area contributed by atoms with Crippen LogP contribution in [-0.4, -0.2) is 22.6 Å². The van der Waals surface area contributed by atoms with Gasteiger partial charge < -0.3 is 14.6 Å². The normalized spacial score (nSPS) is 11.9. The number of aromatic nitrogens is 2. The summed E-state index contributed by atoms with van der Waals surface area (Å²) in [6, 6.07) is 27.5. The first kappa shape index (κ1) is 25.6. The van der Waals surface area contributed by atoms with Crippen LogP contribution in [0, 0.1) is 0 Å². The van der Waals surface area contributed by atoms with E-state index in [1.54, 1.807) is 13.3 Å². The summed E-state index contributed by atoms with van der Waals surface area (Å²) in [5.74, 6) is 0.715. The summed E-state index contributed by atoms with van der Waals surface area (Å²) >= 11 is 6.15. The van der Waals surface area contributed by atoms with Crippen molar-refractivity contribution < 1.29 is 9.53 Å². The summed E-state index contributed by atoms with van der Waals surface area (Å²) in [6.07, 6.45) is 4.72. The third-order valence-corrected chi connectivity index (χ3v) is 7.06. The number of fused-ring (bicyclic) bond motifs is 1. The number of nitrogens with one attached hydrogen (secondary N) is 1. The minimum absolute atomic E-state index is 0.0587. The summed E-state index contributed by atoms with van der Waals surface area (Å²) in [5.41, 5.74) is 5.98. The number of aryl methyl sites for hydroxylation is 1. The maximum atomic E-state index is 13.6. The molecule has 0 fully saturated rings. The van der Waals surface area contributed by atoms with Gasteiger partial charge in [0.15, 0.2) is 0 Å². The van der Waals surface area contributed by atoms with Crippen LogP contribution in [0.4, 0.5) is 0 Å². The minimum atomic E-state index is -0.314. The fourth-order valence-corrected chi connectivity index (χ4v) is 5.06. The Kier molecular flexibility index (Phi) is 7.75. The highest BCUT2D eigenvalue weighted by molar-refractivity contribution is 6.30. The van der Waals surface area contributed by atoms with Crippen molar-refractivity contribution in [2.24, 2.45) is 0 Å². The highest BCUT2D eigenvalue weighted by Gasteiger charge is 2.22. The van der Waals surface area contributed by atoms with Crippen molar-refractivity contribution in [2.45, 2.75) is 32.4 Å².